The molecule has 0 aromatic heterocycles. The van der Waals surface area contributed by atoms with Crippen molar-refractivity contribution in [2.75, 3.05) is 0 Å². The molecule has 1 heterocycles. The average Bonchev–Trinajstić information content (AvgIpc) is 2.94. The van der Waals surface area contributed by atoms with Crippen molar-refractivity contribution in [1.82, 2.24) is 14.4 Å². The Morgan fingerprint density at radius 1 is 1.14 bits per heavy atom. The number of hydrogen-bond acceptors (Lipinski definition) is 2. The first-order valence-electron chi connectivity index (χ1n) is 10.8. The minimum Gasteiger partial charge on any atom is -0.270 e. The molecule has 0 bridgehead atoms. The molecule has 0 radical (unpaired) electrons. The van der Waals surface area contributed by atoms with E-state index < -0.39 is 13.6 Å². The lowest BCUT2D eigenvalue weighted by molar-refractivity contribution is 0.173. The molecule has 3 rings (SSSR count). The molecular formula is C23H35N4OP. The molecule has 1 aromatic carbocycles. The van der Waals surface area contributed by atoms with Gasteiger partial charge in [-0.05, 0) is 58.6 Å². The molecule has 1 saturated heterocycles. The van der Waals surface area contributed by atoms with Crippen molar-refractivity contribution in [2.45, 2.75) is 90.5 Å². The third-order valence-electron chi connectivity index (χ3n) is 6.35. The summed E-state index contributed by atoms with van der Waals surface area (Å²) in [5.74, 6) is 0. The van der Waals surface area contributed by atoms with Crippen LogP contribution in [0.1, 0.15) is 70.5 Å². The molecule has 1 aliphatic carbocycles. The second-order valence-electron chi connectivity index (χ2n) is 8.97. The summed E-state index contributed by atoms with van der Waals surface area (Å²) < 4.78 is 19.3. The number of benzene rings is 1. The van der Waals surface area contributed by atoms with Gasteiger partial charge in [-0.3, -0.25) is 4.57 Å². The lowest BCUT2D eigenvalue weighted by atomic mass is 9.89. The molecule has 1 aromatic rings. The lowest BCUT2D eigenvalue weighted by Crippen LogP contribution is -2.43. The van der Waals surface area contributed by atoms with E-state index in [1.54, 1.807) is 0 Å². The SMILES string of the molecule is C=C(C#N)[C@@H](NP1(=O)N(C(C)C)[C@@H]2CCCC[C@H]2N1C(C)C)c1ccccc1C. The van der Waals surface area contributed by atoms with Gasteiger partial charge in [0, 0.05) is 29.7 Å². The van der Waals surface area contributed by atoms with Gasteiger partial charge in [0.15, 0.2) is 0 Å². The molecule has 2 fully saturated rings. The summed E-state index contributed by atoms with van der Waals surface area (Å²) in [4.78, 5) is 0. The van der Waals surface area contributed by atoms with Gasteiger partial charge in [-0.1, -0.05) is 43.7 Å². The number of nitriles is 1. The summed E-state index contributed by atoms with van der Waals surface area (Å²) in [7, 11) is -3.11. The highest BCUT2D eigenvalue weighted by atomic mass is 31.2. The topological polar surface area (TPSA) is 59.4 Å². The zero-order valence-electron chi connectivity index (χ0n) is 18.4. The summed E-state index contributed by atoms with van der Waals surface area (Å²) in [5.41, 5.74) is 2.44. The fourth-order valence-electron chi connectivity index (χ4n) is 5.23. The Labute approximate surface area is 176 Å². The maximum atomic E-state index is 14.8. The smallest absolute Gasteiger partial charge is 0.270 e. The van der Waals surface area contributed by atoms with Crippen LogP contribution in [0.15, 0.2) is 36.4 Å². The molecule has 0 unspecified atom stereocenters. The molecule has 0 spiro atoms. The highest BCUT2D eigenvalue weighted by molar-refractivity contribution is 7.57. The van der Waals surface area contributed by atoms with E-state index in [9.17, 15) is 9.83 Å². The van der Waals surface area contributed by atoms with Gasteiger partial charge in [-0.15, -0.1) is 0 Å². The summed E-state index contributed by atoms with van der Waals surface area (Å²) in [5, 5.41) is 13.2. The first-order valence-corrected chi connectivity index (χ1v) is 12.4. The Morgan fingerprint density at radius 3 is 2.10 bits per heavy atom. The number of rotatable bonds is 6. The van der Waals surface area contributed by atoms with Crippen LogP contribution in [0.4, 0.5) is 0 Å². The molecule has 5 nitrogen and oxygen atoms in total. The predicted octanol–water partition coefficient (Wildman–Crippen LogP) is 5.56. The van der Waals surface area contributed by atoms with Crippen LogP contribution >= 0.6 is 7.59 Å². The summed E-state index contributed by atoms with van der Waals surface area (Å²) in [6, 6.07) is 10.6. The standard InChI is InChI=1S/C23H35N4OP/c1-16(2)26-21-13-9-10-14-22(21)27(17(3)4)29(26,28)25-23(19(6)15-24)20-12-8-7-11-18(20)5/h7-8,11-12,16-17,21-23H,6,9-10,13-14H2,1-5H3,(H,25,28)/t21-,22-,23-/m1/s1. The Morgan fingerprint density at radius 2 is 1.66 bits per heavy atom. The highest BCUT2D eigenvalue weighted by Crippen LogP contribution is 2.64. The summed E-state index contributed by atoms with van der Waals surface area (Å²) >= 11 is 0. The fourth-order valence-corrected chi connectivity index (χ4v) is 8.97. The van der Waals surface area contributed by atoms with Crippen molar-refractivity contribution in [1.29, 1.82) is 5.26 Å². The third-order valence-corrected chi connectivity index (χ3v) is 9.71. The van der Waals surface area contributed by atoms with Crippen molar-refractivity contribution in [3.05, 3.63) is 47.5 Å². The van der Waals surface area contributed by atoms with E-state index >= 15 is 0 Å². The van der Waals surface area contributed by atoms with Crippen molar-refractivity contribution in [3.63, 3.8) is 0 Å². The maximum absolute atomic E-state index is 14.8. The zero-order valence-corrected chi connectivity index (χ0v) is 19.3. The van der Waals surface area contributed by atoms with E-state index in [0.29, 0.717) is 5.57 Å². The highest BCUT2D eigenvalue weighted by Gasteiger charge is 2.57. The molecule has 158 valence electrons. The summed E-state index contributed by atoms with van der Waals surface area (Å²) in [6.45, 7) is 14.6. The van der Waals surface area contributed by atoms with E-state index in [1.807, 2.05) is 31.2 Å². The van der Waals surface area contributed by atoms with E-state index in [4.69, 9.17) is 0 Å². The normalized spacial score (nSPS) is 25.7. The van der Waals surface area contributed by atoms with Gasteiger partial charge in [0.25, 0.3) is 7.59 Å². The lowest BCUT2D eigenvalue weighted by Gasteiger charge is -2.38. The van der Waals surface area contributed by atoms with Gasteiger partial charge in [-0.25, -0.2) is 14.4 Å². The molecule has 1 saturated carbocycles. The van der Waals surface area contributed by atoms with E-state index in [0.717, 1.165) is 24.0 Å². The van der Waals surface area contributed by atoms with Crippen LogP contribution in [0, 0.1) is 18.3 Å². The van der Waals surface area contributed by atoms with Crippen molar-refractivity contribution >= 4 is 7.59 Å². The Bertz CT molecular complexity index is 816. The number of nitrogens with zero attached hydrogens (tertiary/aromatic N) is 3. The minimum absolute atomic E-state index is 0.149. The van der Waals surface area contributed by atoms with Gasteiger partial charge in [0.1, 0.15) is 0 Å². The maximum Gasteiger partial charge on any atom is 0.286 e. The molecule has 29 heavy (non-hydrogen) atoms. The minimum atomic E-state index is -3.11. The van der Waals surface area contributed by atoms with Crippen LogP contribution in [0.2, 0.25) is 0 Å². The van der Waals surface area contributed by atoms with Crippen molar-refractivity contribution in [2.24, 2.45) is 0 Å². The monoisotopic (exact) mass is 414 g/mol. The first kappa shape index (κ1) is 22.2. The largest absolute Gasteiger partial charge is 0.286 e. The zero-order chi connectivity index (χ0) is 21.3. The van der Waals surface area contributed by atoms with Gasteiger partial charge >= 0.3 is 0 Å². The second kappa shape index (κ2) is 8.74. The molecule has 6 heteroatoms. The number of aryl methyl sites for hydroxylation is 1. The van der Waals surface area contributed by atoms with Crippen molar-refractivity contribution < 1.29 is 4.57 Å². The van der Waals surface area contributed by atoms with Crippen LogP contribution in [0.5, 0.6) is 0 Å². The van der Waals surface area contributed by atoms with Crippen LogP contribution in [-0.2, 0) is 4.57 Å². The van der Waals surface area contributed by atoms with Crippen LogP contribution in [0.3, 0.4) is 0 Å². The van der Waals surface area contributed by atoms with E-state index in [2.05, 4.69) is 54.8 Å². The van der Waals surface area contributed by atoms with Gasteiger partial charge in [0.2, 0.25) is 0 Å². The van der Waals surface area contributed by atoms with Gasteiger partial charge < -0.3 is 0 Å². The number of hydrogen-bond donors (Lipinski definition) is 1. The molecule has 0 amide bonds. The fraction of sp³-hybridized carbons (Fsp3) is 0.609. The first-order chi connectivity index (χ1) is 13.7. The average molecular weight is 415 g/mol. The van der Waals surface area contributed by atoms with Crippen LogP contribution in [-0.4, -0.2) is 33.5 Å². The quantitative estimate of drug-likeness (QED) is 0.488. The van der Waals surface area contributed by atoms with E-state index in [-0.39, 0.29) is 24.2 Å². The third kappa shape index (κ3) is 3.97. The van der Waals surface area contributed by atoms with Crippen molar-refractivity contribution in [3.8, 4) is 6.07 Å². The molecule has 1 N–H and O–H groups in total. The van der Waals surface area contributed by atoms with E-state index in [1.165, 1.54) is 12.8 Å². The molecule has 3 atom stereocenters. The Kier molecular flexibility index (Phi) is 6.70. The Hall–Kier alpha value is -1.44. The summed E-state index contributed by atoms with van der Waals surface area (Å²) in [6.07, 6.45) is 4.52. The molecule has 2 aliphatic rings. The number of fused-ring (bicyclic) bond motifs is 1. The second-order valence-corrected chi connectivity index (χ2v) is 11.2. The van der Waals surface area contributed by atoms with Gasteiger partial charge in [-0.2, -0.15) is 5.26 Å². The van der Waals surface area contributed by atoms with Crippen LogP contribution in [0.25, 0.3) is 0 Å². The molecular weight excluding hydrogens is 379 g/mol. The van der Waals surface area contributed by atoms with Gasteiger partial charge in [0.05, 0.1) is 12.1 Å². The molecule has 1 aliphatic heterocycles. The number of nitrogens with one attached hydrogen (secondary N) is 1. The Balaban J connectivity index is 2.10. The predicted molar refractivity (Wildman–Crippen MR) is 119 cm³/mol. The van der Waals surface area contributed by atoms with Crippen LogP contribution < -0.4 is 5.09 Å².